The van der Waals surface area contributed by atoms with E-state index in [4.69, 9.17) is 4.74 Å². The molecule has 0 aliphatic rings. The monoisotopic (exact) mass is 370 g/mol. The molecule has 0 saturated heterocycles. The minimum Gasteiger partial charge on any atom is -0.493 e. The predicted molar refractivity (Wildman–Crippen MR) is 92.3 cm³/mol. The van der Waals surface area contributed by atoms with E-state index in [1.165, 1.54) is 19.2 Å². The van der Waals surface area contributed by atoms with E-state index in [0.29, 0.717) is 12.0 Å². The Morgan fingerprint density at radius 2 is 1.58 bits per heavy atom. The molecule has 2 rings (SSSR count). The zero-order chi connectivity index (χ0) is 19.5. The second-order valence-corrected chi connectivity index (χ2v) is 6.54. The van der Waals surface area contributed by atoms with Gasteiger partial charge in [-0.3, -0.25) is 0 Å². The number of methoxy groups -OCH3 is 1. The van der Waals surface area contributed by atoms with Crippen LogP contribution in [-0.4, -0.2) is 13.5 Å². The standard InChI is InChI=1S/C20H22F4O2/c1-12(2)17-10-7-15(19(25-4)18(17)21)11-13(3)14-5-8-16(9-6-14)26-20(22,23)24/h5-10,12-13H,11H2,1-4H3. The summed E-state index contributed by atoms with van der Waals surface area (Å²) in [4.78, 5) is 0. The zero-order valence-electron chi connectivity index (χ0n) is 15.2. The Labute approximate surface area is 150 Å². The van der Waals surface area contributed by atoms with E-state index < -0.39 is 6.36 Å². The molecule has 142 valence electrons. The van der Waals surface area contributed by atoms with Gasteiger partial charge < -0.3 is 9.47 Å². The van der Waals surface area contributed by atoms with E-state index in [1.54, 1.807) is 18.2 Å². The van der Waals surface area contributed by atoms with Crippen LogP contribution in [0.2, 0.25) is 0 Å². The van der Waals surface area contributed by atoms with Crippen LogP contribution < -0.4 is 9.47 Å². The summed E-state index contributed by atoms with van der Waals surface area (Å²) in [6, 6.07) is 9.31. The highest BCUT2D eigenvalue weighted by molar-refractivity contribution is 5.42. The molecule has 0 radical (unpaired) electrons. The highest BCUT2D eigenvalue weighted by Gasteiger charge is 2.31. The first kappa shape index (κ1) is 20.1. The van der Waals surface area contributed by atoms with Gasteiger partial charge in [0.25, 0.3) is 0 Å². The predicted octanol–water partition coefficient (Wildman–Crippen LogP) is 6.20. The van der Waals surface area contributed by atoms with E-state index in [1.807, 2.05) is 26.8 Å². The van der Waals surface area contributed by atoms with E-state index in [0.717, 1.165) is 11.1 Å². The van der Waals surface area contributed by atoms with Gasteiger partial charge in [0.2, 0.25) is 0 Å². The lowest BCUT2D eigenvalue weighted by Crippen LogP contribution is -2.17. The Hall–Kier alpha value is -2.24. The van der Waals surface area contributed by atoms with Crippen LogP contribution in [-0.2, 0) is 6.42 Å². The van der Waals surface area contributed by atoms with E-state index >= 15 is 0 Å². The second-order valence-electron chi connectivity index (χ2n) is 6.54. The molecule has 0 heterocycles. The van der Waals surface area contributed by atoms with Crippen molar-refractivity contribution in [3.8, 4) is 11.5 Å². The van der Waals surface area contributed by atoms with Gasteiger partial charge in [-0.15, -0.1) is 13.2 Å². The molecule has 2 nitrogen and oxygen atoms in total. The fourth-order valence-corrected chi connectivity index (χ4v) is 2.88. The van der Waals surface area contributed by atoms with Crippen molar-refractivity contribution in [3.63, 3.8) is 0 Å². The number of hydrogen-bond donors (Lipinski definition) is 0. The van der Waals surface area contributed by atoms with Crippen LogP contribution in [0.3, 0.4) is 0 Å². The van der Waals surface area contributed by atoms with Gasteiger partial charge in [0.05, 0.1) is 7.11 Å². The number of halogens is 4. The molecule has 0 aromatic heterocycles. The normalized spacial score (nSPS) is 13.0. The molecule has 0 amide bonds. The molecule has 2 aromatic carbocycles. The Balaban J connectivity index is 2.19. The van der Waals surface area contributed by atoms with Gasteiger partial charge in [-0.1, -0.05) is 45.0 Å². The SMILES string of the molecule is COc1c(CC(C)c2ccc(OC(F)(F)F)cc2)ccc(C(C)C)c1F. The lowest BCUT2D eigenvalue weighted by atomic mass is 9.91. The molecular weight excluding hydrogens is 348 g/mol. The van der Waals surface area contributed by atoms with E-state index in [2.05, 4.69) is 4.74 Å². The van der Waals surface area contributed by atoms with Gasteiger partial charge in [-0.05, 0) is 47.1 Å². The van der Waals surface area contributed by atoms with Crippen LogP contribution in [0.15, 0.2) is 36.4 Å². The lowest BCUT2D eigenvalue weighted by molar-refractivity contribution is -0.274. The van der Waals surface area contributed by atoms with Crippen LogP contribution in [0.1, 0.15) is 49.3 Å². The van der Waals surface area contributed by atoms with Crippen molar-refractivity contribution in [2.75, 3.05) is 7.11 Å². The molecule has 1 atom stereocenters. The first-order chi connectivity index (χ1) is 12.1. The highest BCUT2D eigenvalue weighted by atomic mass is 19.4. The fourth-order valence-electron chi connectivity index (χ4n) is 2.88. The maximum absolute atomic E-state index is 14.6. The molecule has 0 saturated carbocycles. The fraction of sp³-hybridized carbons (Fsp3) is 0.400. The summed E-state index contributed by atoms with van der Waals surface area (Å²) in [6.45, 7) is 5.74. The van der Waals surface area contributed by atoms with Gasteiger partial charge in [-0.2, -0.15) is 0 Å². The summed E-state index contributed by atoms with van der Waals surface area (Å²) in [5, 5.41) is 0. The third-order valence-corrected chi connectivity index (χ3v) is 4.24. The number of alkyl halides is 3. The van der Waals surface area contributed by atoms with Crippen molar-refractivity contribution in [3.05, 3.63) is 58.9 Å². The quantitative estimate of drug-likeness (QED) is 0.564. The van der Waals surface area contributed by atoms with Crippen molar-refractivity contribution in [2.45, 2.75) is 45.4 Å². The molecule has 2 aromatic rings. The summed E-state index contributed by atoms with van der Waals surface area (Å²) in [7, 11) is 1.43. The van der Waals surface area contributed by atoms with Crippen LogP contribution in [0.5, 0.6) is 11.5 Å². The Morgan fingerprint density at radius 3 is 2.08 bits per heavy atom. The molecule has 6 heteroatoms. The molecule has 0 fully saturated rings. The smallest absolute Gasteiger partial charge is 0.493 e. The number of benzene rings is 2. The zero-order valence-corrected chi connectivity index (χ0v) is 15.2. The maximum atomic E-state index is 14.6. The second kappa shape index (κ2) is 7.98. The molecule has 0 bridgehead atoms. The largest absolute Gasteiger partial charge is 0.573 e. The molecule has 1 unspecified atom stereocenters. The first-order valence-electron chi connectivity index (χ1n) is 8.33. The third kappa shape index (κ3) is 4.90. The highest BCUT2D eigenvalue weighted by Crippen LogP contribution is 2.33. The van der Waals surface area contributed by atoms with Gasteiger partial charge in [0, 0.05) is 0 Å². The minimum atomic E-state index is -4.71. The number of hydrogen-bond acceptors (Lipinski definition) is 2. The van der Waals surface area contributed by atoms with Gasteiger partial charge in [-0.25, -0.2) is 4.39 Å². The first-order valence-corrected chi connectivity index (χ1v) is 8.33. The Morgan fingerprint density at radius 1 is 0.962 bits per heavy atom. The van der Waals surface area contributed by atoms with Crippen LogP contribution in [0, 0.1) is 5.82 Å². The van der Waals surface area contributed by atoms with Gasteiger partial charge >= 0.3 is 6.36 Å². The summed E-state index contributed by atoms with van der Waals surface area (Å²) < 4.78 is 60.4. The van der Waals surface area contributed by atoms with Crippen LogP contribution in [0.25, 0.3) is 0 Å². The molecule has 0 N–H and O–H groups in total. The molecule has 0 aliphatic carbocycles. The average molecular weight is 370 g/mol. The molecular formula is C20H22F4O2. The third-order valence-electron chi connectivity index (χ3n) is 4.24. The number of rotatable bonds is 6. The number of ether oxygens (including phenoxy) is 2. The van der Waals surface area contributed by atoms with Gasteiger partial charge in [0.15, 0.2) is 11.6 Å². The average Bonchev–Trinajstić information content (AvgIpc) is 2.54. The van der Waals surface area contributed by atoms with E-state index in [9.17, 15) is 17.6 Å². The summed E-state index contributed by atoms with van der Waals surface area (Å²) in [5.74, 6) is -0.399. The maximum Gasteiger partial charge on any atom is 0.573 e. The molecule has 26 heavy (non-hydrogen) atoms. The summed E-state index contributed by atoms with van der Waals surface area (Å²) >= 11 is 0. The van der Waals surface area contributed by atoms with Crippen LogP contribution >= 0.6 is 0 Å². The topological polar surface area (TPSA) is 18.5 Å². The minimum absolute atomic E-state index is 0.0341. The Kier molecular flexibility index (Phi) is 6.16. The van der Waals surface area contributed by atoms with Crippen molar-refractivity contribution in [1.29, 1.82) is 0 Å². The molecule has 0 spiro atoms. The van der Waals surface area contributed by atoms with Crippen molar-refractivity contribution < 1.29 is 27.0 Å². The lowest BCUT2D eigenvalue weighted by Gasteiger charge is -2.18. The summed E-state index contributed by atoms with van der Waals surface area (Å²) in [5.41, 5.74) is 2.14. The van der Waals surface area contributed by atoms with Crippen molar-refractivity contribution >= 4 is 0 Å². The van der Waals surface area contributed by atoms with Crippen molar-refractivity contribution in [2.24, 2.45) is 0 Å². The van der Waals surface area contributed by atoms with Crippen LogP contribution in [0.4, 0.5) is 17.6 Å². The van der Waals surface area contributed by atoms with Crippen molar-refractivity contribution in [1.82, 2.24) is 0 Å². The Bertz CT molecular complexity index is 737. The molecule has 0 aliphatic heterocycles. The van der Waals surface area contributed by atoms with E-state index in [-0.39, 0.29) is 29.2 Å². The van der Waals surface area contributed by atoms with Gasteiger partial charge in [0.1, 0.15) is 5.75 Å². The summed E-state index contributed by atoms with van der Waals surface area (Å²) in [6.07, 6.45) is -4.21.